The third-order valence-corrected chi connectivity index (χ3v) is 4.41. The highest BCUT2D eigenvalue weighted by atomic mass is 79.9. The van der Waals surface area contributed by atoms with Gasteiger partial charge in [-0.15, -0.1) is 11.6 Å². The number of hydrogen-bond donors (Lipinski definition) is 0. The standard InChI is InChI=1S/C11H15BrClN4O2/c1-6(4-13)5-17-7-8(14-10(17)12)15(2)11(19)16(3)9(7)18/h6-7H,4-5H2,1-3H3/q+1. The lowest BCUT2D eigenvalue weighted by atomic mass is 10.1. The highest BCUT2D eigenvalue weighted by Gasteiger charge is 2.52. The second-order valence-electron chi connectivity index (χ2n) is 4.79. The molecule has 19 heavy (non-hydrogen) atoms. The van der Waals surface area contributed by atoms with Crippen LogP contribution in [0.5, 0.6) is 0 Å². The van der Waals surface area contributed by atoms with Crippen molar-refractivity contribution in [3.8, 4) is 0 Å². The number of likely N-dealkylation sites (N-methyl/N-ethyl adjacent to an activating group) is 2. The minimum atomic E-state index is -0.548. The van der Waals surface area contributed by atoms with Crippen LogP contribution in [0.3, 0.4) is 0 Å². The van der Waals surface area contributed by atoms with E-state index >= 15 is 0 Å². The van der Waals surface area contributed by atoms with Crippen LogP contribution in [0, 0.1) is 5.92 Å². The van der Waals surface area contributed by atoms with Crippen molar-refractivity contribution in [3.63, 3.8) is 0 Å². The van der Waals surface area contributed by atoms with Crippen molar-refractivity contribution in [3.05, 3.63) is 0 Å². The number of rotatable bonds is 3. The van der Waals surface area contributed by atoms with Gasteiger partial charge in [-0.3, -0.25) is 14.6 Å². The molecule has 1 saturated heterocycles. The number of amidine groups is 2. The summed E-state index contributed by atoms with van der Waals surface area (Å²) < 4.78 is 2.40. The number of imide groups is 1. The summed E-state index contributed by atoms with van der Waals surface area (Å²) in [5.41, 5.74) is 0. The van der Waals surface area contributed by atoms with Crippen molar-refractivity contribution in [2.45, 2.75) is 13.0 Å². The number of fused-ring (bicyclic) bond motifs is 1. The fraction of sp³-hybridized carbons (Fsp3) is 0.636. The maximum absolute atomic E-state index is 12.3. The third kappa shape index (κ3) is 2.29. The van der Waals surface area contributed by atoms with Crippen molar-refractivity contribution in [1.82, 2.24) is 9.80 Å². The summed E-state index contributed by atoms with van der Waals surface area (Å²) in [6, 6.07) is -0.916. The van der Waals surface area contributed by atoms with Crippen LogP contribution in [-0.4, -0.2) is 69.5 Å². The van der Waals surface area contributed by atoms with Gasteiger partial charge in [-0.1, -0.05) is 6.92 Å². The molecular weight excluding hydrogens is 336 g/mol. The number of alkyl halides is 1. The molecule has 6 nitrogen and oxygen atoms in total. The Balaban J connectivity index is 2.34. The zero-order valence-electron chi connectivity index (χ0n) is 10.9. The predicted molar refractivity (Wildman–Crippen MR) is 76.1 cm³/mol. The van der Waals surface area contributed by atoms with Crippen LogP contribution < -0.4 is 0 Å². The molecule has 0 aromatic rings. The third-order valence-electron chi connectivity index (χ3n) is 3.25. The average Bonchev–Trinajstić information content (AvgIpc) is 2.71. The van der Waals surface area contributed by atoms with E-state index in [0.717, 1.165) is 4.90 Å². The Bertz CT molecular complexity index is 505. The zero-order chi connectivity index (χ0) is 14.3. The van der Waals surface area contributed by atoms with E-state index in [1.54, 1.807) is 7.05 Å². The van der Waals surface area contributed by atoms with E-state index in [0.29, 0.717) is 23.0 Å². The Labute approximate surface area is 124 Å². The molecule has 3 amide bonds. The van der Waals surface area contributed by atoms with E-state index < -0.39 is 6.04 Å². The number of halogens is 2. The van der Waals surface area contributed by atoms with Gasteiger partial charge in [-0.05, 0) is 4.99 Å². The molecule has 8 heteroatoms. The monoisotopic (exact) mass is 349 g/mol. The summed E-state index contributed by atoms with van der Waals surface area (Å²) in [7, 11) is 3.10. The fourth-order valence-corrected chi connectivity index (χ4v) is 2.76. The number of hydrogen-bond acceptors (Lipinski definition) is 3. The van der Waals surface area contributed by atoms with E-state index in [2.05, 4.69) is 20.9 Å². The molecule has 0 spiro atoms. The van der Waals surface area contributed by atoms with Gasteiger partial charge in [-0.2, -0.15) is 0 Å². The first kappa shape index (κ1) is 14.5. The summed E-state index contributed by atoms with van der Waals surface area (Å²) >= 11 is 9.17. The highest BCUT2D eigenvalue weighted by Crippen LogP contribution is 2.21. The Kier molecular flexibility index (Phi) is 3.96. The maximum Gasteiger partial charge on any atom is 0.364 e. The molecular formula is C11H15BrClN4O2+. The number of urea groups is 1. The fourth-order valence-electron chi connectivity index (χ4n) is 2.13. The van der Waals surface area contributed by atoms with Crippen LogP contribution >= 0.6 is 27.5 Å². The summed E-state index contributed by atoms with van der Waals surface area (Å²) in [5.74, 6) is 0.905. The van der Waals surface area contributed by atoms with Gasteiger partial charge in [0.25, 0.3) is 17.8 Å². The Hall–Kier alpha value is -0.950. The molecule has 2 atom stereocenters. The number of carbonyl (C=O) groups is 2. The minimum absolute atomic E-state index is 0.213. The van der Waals surface area contributed by atoms with Gasteiger partial charge in [0.1, 0.15) is 0 Å². The quantitative estimate of drug-likeness (QED) is 0.432. The molecule has 0 aromatic heterocycles. The molecule has 1 fully saturated rings. The molecule has 0 N–H and O–H groups in total. The van der Waals surface area contributed by atoms with Crippen molar-refractivity contribution < 1.29 is 14.2 Å². The van der Waals surface area contributed by atoms with Crippen LogP contribution in [0.4, 0.5) is 4.79 Å². The smallest absolute Gasteiger partial charge is 0.269 e. The maximum atomic E-state index is 12.3. The predicted octanol–water partition coefficient (Wildman–Crippen LogP) is 0.929. The molecule has 104 valence electrons. The van der Waals surface area contributed by atoms with Crippen LogP contribution in [-0.2, 0) is 4.79 Å². The molecule has 0 aliphatic carbocycles. The van der Waals surface area contributed by atoms with E-state index in [-0.39, 0.29) is 17.9 Å². The highest BCUT2D eigenvalue weighted by molar-refractivity contribution is 9.18. The zero-order valence-corrected chi connectivity index (χ0v) is 13.3. The Morgan fingerprint density at radius 2 is 2.05 bits per heavy atom. The number of amides is 3. The van der Waals surface area contributed by atoms with Gasteiger partial charge < -0.3 is 0 Å². The number of carbonyl (C=O) groups excluding carboxylic acids is 2. The summed E-state index contributed by atoms with van der Waals surface area (Å²) in [4.78, 5) is 30.9. The summed E-state index contributed by atoms with van der Waals surface area (Å²) in [5, 5.41) is 0. The van der Waals surface area contributed by atoms with Crippen LogP contribution in [0.2, 0.25) is 0 Å². The van der Waals surface area contributed by atoms with E-state index in [9.17, 15) is 9.59 Å². The molecule has 2 rings (SSSR count). The van der Waals surface area contributed by atoms with Crippen molar-refractivity contribution in [2.24, 2.45) is 10.9 Å². The first-order valence-electron chi connectivity index (χ1n) is 5.87. The largest absolute Gasteiger partial charge is 0.364 e. The molecule has 2 unspecified atom stereocenters. The molecule has 0 aromatic carbocycles. The van der Waals surface area contributed by atoms with Gasteiger partial charge in [-0.25, -0.2) is 9.37 Å². The van der Waals surface area contributed by atoms with Gasteiger partial charge in [0.15, 0.2) is 0 Å². The van der Waals surface area contributed by atoms with E-state index in [4.69, 9.17) is 11.6 Å². The molecule has 0 radical (unpaired) electrons. The van der Waals surface area contributed by atoms with Gasteiger partial charge >= 0.3 is 10.8 Å². The van der Waals surface area contributed by atoms with Crippen molar-refractivity contribution in [2.75, 3.05) is 26.5 Å². The van der Waals surface area contributed by atoms with Gasteiger partial charge in [0.2, 0.25) is 0 Å². The normalized spacial score (nSPS) is 24.9. The van der Waals surface area contributed by atoms with Crippen molar-refractivity contribution in [1.29, 1.82) is 0 Å². The molecule has 0 saturated carbocycles. The molecule has 2 heterocycles. The van der Waals surface area contributed by atoms with Crippen LogP contribution in [0.25, 0.3) is 0 Å². The van der Waals surface area contributed by atoms with Gasteiger partial charge in [0.05, 0.1) is 22.5 Å². The lowest BCUT2D eigenvalue weighted by Crippen LogP contribution is -2.61. The lowest BCUT2D eigenvalue weighted by Gasteiger charge is -2.30. The first-order valence-corrected chi connectivity index (χ1v) is 7.20. The lowest BCUT2D eigenvalue weighted by molar-refractivity contribution is -0.538. The number of nitrogens with zero attached hydrogens (tertiary/aromatic N) is 4. The number of aliphatic imine (C=N–C) groups is 1. The first-order chi connectivity index (χ1) is 8.88. The second-order valence-corrected chi connectivity index (χ2v) is 5.81. The Morgan fingerprint density at radius 3 is 2.63 bits per heavy atom. The SMILES string of the molecule is CC(CCl)C[N+]1=C(Br)N=C2C1C(=O)N(C)C(=O)N2C. The Morgan fingerprint density at radius 1 is 1.42 bits per heavy atom. The summed E-state index contributed by atoms with van der Waals surface area (Å²) in [6.07, 6.45) is 0. The average molecular weight is 351 g/mol. The van der Waals surface area contributed by atoms with E-state index in [1.165, 1.54) is 11.9 Å². The molecule has 2 aliphatic heterocycles. The van der Waals surface area contributed by atoms with Crippen LogP contribution in [0.1, 0.15) is 6.92 Å². The van der Waals surface area contributed by atoms with Gasteiger partial charge in [0, 0.05) is 25.9 Å². The van der Waals surface area contributed by atoms with E-state index in [1.807, 2.05) is 11.5 Å². The topological polar surface area (TPSA) is 56.0 Å². The molecule has 0 bridgehead atoms. The second kappa shape index (κ2) is 5.20. The minimum Gasteiger partial charge on any atom is -0.269 e. The summed E-state index contributed by atoms with van der Waals surface area (Å²) in [6.45, 7) is 2.60. The molecule has 2 aliphatic rings. The van der Waals surface area contributed by atoms with Crippen LogP contribution in [0.15, 0.2) is 4.99 Å². The van der Waals surface area contributed by atoms with Crippen molar-refractivity contribution >= 4 is 50.0 Å².